The summed E-state index contributed by atoms with van der Waals surface area (Å²) in [5.74, 6) is 0. The average molecular weight is 276 g/mol. The lowest BCUT2D eigenvalue weighted by Gasteiger charge is -2.32. The van der Waals surface area contributed by atoms with Crippen molar-refractivity contribution in [2.24, 2.45) is 0 Å². The van der Waals surface area contributed by atoms with Crippen molar-refractivity contribution >= 4 is 5.69 Å². The maximum absolute atomic E-state index is 3.62. The Bertz CT molecular complexity index is 418. The molecule has 2 nitrogen and oxygen atoms in total. The first-order valence-corrected chi connectivity index (χ1v) is 7.89. The monoisotopic (exact) mass is 276 g/mol. The van der Waals surface area contributed by atoms with Crippen LogP contribution in [0.15, 0.2) is 18.2 Å². The van der Waals surface area contributed by atoms with Crippen LogP contribution >= 0.6 is 0 Å². The maximum atomic E-state index is 3.62. The molecule has 1 aromatic rings. The van der Waals surface area contributed by atoms with Crippen LogP contribution in [0.4, 0.5) is 5.69 Å². The highest BCUT2D eigenvalue weighted by molar-refractivity contribution is 5.55. The first kappa shape index (κ1) is 17.0. The van der Waals surface area contributed by atoms with Crippen molar-refractivity contribution in [3.63, 3.8) is 0 Å². The molecule has 0 saturated carbocycles. The van der Waals surface area contributed by atoms with Gasteiger partial charge in [-0.05, 0) is 59.6 Å². The van der Waals surface area contributed by atoms with Gasteiger partial charge in [0.2, 0.25) is 0 Å². The van der Waals surface area contributed by atoms with Gasteiger partial charge in [-0.1, -0.05) is 24.6 Å². The number of nitrogens with zero attached hydrogens (tertiary/aromatic N) is 1. The molecule has 0 bridgehead atoms. The fourth-order valence-corrected chi connectivity index (χ4v) is 2.44. The molecule has 0 aliphatic rings. The van der Waals surface area contributed by atoms with E-state index in [1.807, 2.05) is 0 Å². The number of nitrogens with one attached hydrogen (secondary N) is 1. The Hall–Kier alpha value is -1.02. The van der Waals surface area contributed by atoms with Gasteiger partial charge in [-0.3, -0.25) is 0 Å². The van der Waals surface area contributed by atoms with Gasteiger partial charge in [0.05, 0.1) is 0 Å². The summed E-state index contributed by atoms with van der Waals surface area (Å²) in [7, 11) is 0. The minimum Gasteiger partial charge on any atom is -0.369 e. The highest BCUT2D eigenvalue weighted by Crippen LogP contribution is 2.25. The molecular formula is C18H32N2. The molecule has 2 heteroatoms. The Labute approximate surface area is 125 Å². The van der Waals surface area contributed by atoms with E-state index in [1.165, 1.54) is 23.2 Å². The molecule has 1 aromatic carbocycles. The van der Waals surface area contributed by atoms with E-state index in [1.54, 1.807) is 0 Å². The third-order valence-corrected chi connectivity index (χ3v) is 3.82. The molecule has 0 aliphatic heterocycles. The largest absolute Gasteiger partial charge is 0.369 e. The van der Waals surface area contributed by atoms with E-state index < -0.39 is 0 Å². The van der Waals surface area contributed by atoms with Crippen LogP contribution in [0.3, 0.4) is 0 Å². The molecule has 0 fully saturated rings. The number of anilines is 1. The second-order valence-corrected chi connectivity index (χ2v) is 6.78. The number of hydrogen-bond acceptors (Lipinski definition) is 2. The Morgan fingerprint density at radius 3 is 2.35 bits per heavy atom. The third kappa shape index (κ3) is 4.82. The first-order chi connectivity index (χ1) is 9.28. The van der Waals surface area contributed by atoms with Gasteiger partial charge >= 0.3 is 0 Å². The molecule has 1 N–H and O–H groups in total. The van der Waals surface area contributed by atoms with E-state index in [0.29, 0.717) is 6.04 Å². The zero-order valence-corrected chi connectivity index (χ0v) is 14.4. The highest BCUT2D eigenvalue weighted by atomic mass is 15.2. The second-order valence-electron chi connectivity index (χ2n) is 6.78. The third-order valence-electron chi connectivity index (χ3n) is 3.82. The summed E-state index contributed by atoms with van der Waals surface area (Å²) in [5.41, 5.74) is 4.26. The summed E-state index contributed by atoms with van der Waals surface area (Å²) in [5, 5.41) is 3.62. The second kappa shape index (κ2) is 7.12. The highest BCUT2D eigenvalue weighted by Gasteiger charge is 2.16. The van der Waals surface area contributed by atoms with Crippen molar-refractivity contribution in [2.75, 3.05) is 11.4 Å². The van der Waals surface area contributed by atoms with Crippen LogP contribution in [-0.2, 0) is 6.54 Å². The summed E-state index contributed by atoms with van der Waals surface area (Å²) >= 11 is 0. The van der Waals surface area contributed by atoms with Crippen LogP contribution in [0.25, 0.3) is 0 Å². The standard InChI is InChI=1S/C18H32N2/c1-8-15(4)20(9-2)17-11-10-14(3)12-16(17)13-19-18(5,6)7/h10-12,15,19H,8-9,13H2,1-7H3. The van der Waals surface area contributed by atoms with Crippen LogP contribution in [0.2, 0.25) is 0 Å². The normalized spacial score (nSPS) is 13.3. The quantitative estimate of drug-likeness (QED) is 0.822. The van der Waals surface area contributed by atoms with Gasteiger partial charge in [0.15, 0.2) is 0 Å². The zero-order chi connectivity index (χ0) is 15.3. The van der Waals surface area contributed by atoms with Gasteiger partial charge in [-0.2, -0.15) is 0 Å². The number of hydrogen-bond donors (Lipinski definition) is 1. The smallest absolute Gasteiger partial charge is 0.0414 e. The van der Waals surface area contributed by atoms with Gasteiger partial charge in [-0.25, -0.2) is 0 Å². The van der Waals surface area contributed by atoms with Crippen LogP contribution in [0, 0.1) is 6.92 Å². The summed E-state index contributed by atoms with van der Waals surface area (Å²) in [6, 6.07) is 7.40. The van der Waals surface area contributed by atoms with Gasteiger partial charge < -0.3 is 10.2 Å². The molecule has 1 atom stereocenters. The summed E-state index contributed by atoms with van der Waals surface area (Å²) in [6.07, 6.45) is 1.17. The Morgan fingerprint density at radius 1 is 1.20 bits per heavy atom. The van der Waals surface area contributed by atoms with Crippen LogP contribution in [-0.4, -0.2) is 18.1 Å². The van der Waals surface area contributed by atoms with Crippen molar-refractivity contribution in [2.45, 2.75) is 73.0 Å². The van der Waals surface area contributed by atoms with Crippen molar-refractivity contribution < 1.29 is 0 Å². The molecule has 0 aliphatic carbocycles. The van der Waals surface area contributed by atoms with E-state index in [2.05, 4.69) is 76.9 Å². The average Bonchev–Trinajstić information content (AvgIpc) is 2.38. The van der Waals surface area contributed by atoms with E-state index >= 15 is 0 Å². The lowest BCUT2D eigenvalue weighted by Crippen LogP contribution is -2.37. The zero-order valence-electron chi connectivity index (χ0n) is 14.4. The van der Waals surface area contributed by atoms with Gasteiger partial charge in [0.1, 0.15) is 0 Å². The Kier molecular flexibility index (Phi) is 6.07. The van der Waals surface area contributed by atoms with Crippen LogP contribution in [0.5, 0.6) is 0 Å². The maximum Gasteiger partial charge on any atom is 0.0414 e. The number of rotatable bonds is 6. The summed E-state index contributed by atoms with van der Waals surface area (Å²) in [4.78, 5) is 2.51. The molecule has 1 unspecified atom stereocenters. The molecular weight excluding hydrogens is 244 g/mol. The van der Waals surface area contributed by atoms with E-state index in [4.69, 9.17) is 0 Å². The van der Waals surface area contributed by atoms with Gasteiger partial charge in [-0.15, -0.1) is 0 Å². The molecule has 0 spiro atoms. The van der Waals surface area contributed by atoms with Gasteiger partial charge in [0, 0.05) is 30.4 Å². The lowest BCUT2D eigenvalue weighted by atomic mass is 10.0. The SMILES string of the molecule is CCC(C)N(CC)c1ccc(C)cc1CNC(C)(C)C. The van der Waals surface area contributed by atoms with Crippen molar-refractivity contribution in [3.05, 3.63) is 29.3 Å². The van der Waals surface area contributed by atoms with Crippen LogP contribution in [0.1, 0.15) is 59.1 Å². The molecule has 0 radical (unpaired) electrons. The van der Waals surface area contributed by atoms with E-state index in [0.717, 1.165) is 13.1 Å². The van der Waals surface area contributed by atoms with Crippen molar-refractivity contribution in [1.82, 2.24) is 5.32 Å². The van der Waals surface area contributed by atoms with Crippen LogP contribution < -0.4 is 10.2 Å². The number of aryl methyl sites for hydroxylation is 1. The lowest BCUT2D eigenvalue weighted by molar-refractivity contribution is 0.424. The fraction of sp³-hybridized carbons (Fsp3) is 0.667. The number of benzene rings is 1. The van der Waals surface area contributed by atoms with Gasteiger partial charge in [0.25, 0.3) is 0 Å². The van der Waals surface area contributed by atoms with Crippen molar-refractivity contribution in [1.29, 1.82) is 0 Å². The van der Waals surface area contributed by atoms with E-state index in [-0.39, 0.29) is 5.54 Å². The fourth-order valence-electron chi connectivity index (χ4n) is 2.44. The molecule has 20 heavy (non-hydrogen) atoms. The Morgan fingerprint density at radius 2 is 1.85 bits per heavy atom. The first-order valence-electron chi connectivity index (χ1n) is 7.89. The molecule has 0 heterocycles. The summed E-state index contributed by atoms with van der Waals surface area (Å²) in [6.45, 7) is 17.6. The molecule has 1 rings (SSSR count). The predicted molar refractivity (Wildman–Crippen MR) is 90.5 cm³/mol. The van der Waals surface area contributed by atoms with Crippen molar-refractivity contribution in [3.8, 4) is 0 Å². The molecule has 0 saturated heterocycles. The minimum absolute atomic E-state index is 0.147. The summed E-state index contributed by atoms with van der Waals surface area (Å²) < 4.78 is 0. The van der Waals surface area contributed by atoms with E-state index in [9.17, 15) is 0 Å². The predicted octanol–water partition coefficient (Wildman–Crippen LogP) is 4.51. The Balaban J connectivity index is 3.05. The topological polar surface area (TPSA) is 15.3 Å². The molecule has 0 aromatic heterocycles. The molecule has 0 amide bonds. The molecule has 114 valence electrons. The minimum atomic E-state index is 0.147.